The van der Waals surface area contributed by atoms with Crippen LogP contribution in [0.2, 0.25) is 0 Å². The Morgan fingerprint density at radius 3 is 1.82 bits per heavy atom. The Labute approximate surface area is 206 Å². The summed E-state index contributed by atoms with van der Waals surface area (Å²) < 4.78 is 0. The van der Waals surface area contributed by atoms with Crippen LogP contribution in [0.3, 0.4) is 0 Å². The molecule has 34 heavy (non-hydrogen) atoms. The Hall–Kier alpha value is -2.27. The quantitative estimate of drug-likeness (QED) is 0.216. The fraction of sp³-hybridized carbons (Fsp3) is 0.621. The minimum absolute atomic E-state index is 0.0449. The summed E-state index contributed by atoms with van der Waals surface area (Å²) in [7, 11) is 0. The van der Waals surface area contributed by atoms with Crippen LogP contribution < -0.4 is 0 Å². The van der Waals surface area contributed by atoms with E-state index in [2.05, 4.69) is 36.1 Å². The fourth-order valence-corrected chi connectivity index (χ4v) is 4.34. The van der Waals surface area contributed by atoms with Crippen molar-refractivity contribution < 1.29 is 14.4 Å². The van der Waals surface area contributed by atoms with Crippen LogP contribution in [0.25, 0.3) is 0 Å². The van der Waals surface area contributed by atoms with Gasteiger partial charge in [-0.1, -0.05) is 75.8 Å². The summed E-state index contributed by atoms with van der Waals surface area (Å²) >= 11 is 0. The van der Waals surface area contributed by atoms with Crippen molar-refractivity contribution in [1.82, 2.24) is 9.80 Å². The van der Waals surface area contributed by atoms with E-state index in [0.29, 0.717) is 19.3 Å². The smallest absolute Gasteiger partial charge is 0.222 e. The zero-order chi connectivity index (χ0) is 24.4. The maximum absolute atomic E-state index is 12.5. The Morgan fingerprint density at radius 2 is 1.24 bits per heavy atom. The second-order valence-electron chi connectivity index (χ2n) is 9.49. The summed E-state index contributed by atoms with van der Waals surface area (Å²) in [4.78, 5) is 40.6. The molecule has 0 aliphatic carbocycles. The second-order valence-corrected chi connectivity index (χ2v) is 9.49. The Morgan fingerprint density at radius 1 is 0.706 bits per heavy atom. The lowest BCUT2D eigenvalue weighted by Crippen LogP contribution is -2.48. The normalized spacial score (nSPS) is 14.6. The molecule has 0 saturated carbocycles. The van der Waals surface area contributed by atoms with E-state index < -0.39 is 0 Å². The first-order valence-electron chi connectivity index (χ1n) is 13.4. The van der Waals surface area contributed by atoms with Crippen LogP contribution in [-0.2, 0) is 20.9 Å². The van der Waals surface area contributed by atoms with Crippen molar-refractivity contribution in [2.45, 2.75) is 90.5 Å². The summed E-state index contributed by atoms with van der Waals surface area (Å²) in [5.41, 5.74) is 1.33. The molecule has 0 aromatic heterocycles. The lowest BCUT2D eigenvalue weighted by atomic mass is 10.1. The molecule has 0 spiro atoms. The number of unbranched alkanes of at least 4 members (excludes halogenated alkanes) is 7. The number of piperazine rings is 1. The van der Waals surface area contributed by atoms with Crippen molar-refractivity contribution in [3.8, 4) is 0 Å². The first kappa shape index (κ1) is 28.0. The van der Waals surface area contributed by atoms with Gasteiger partial charge in [-0.05, 0) is 37.0 Å². The van der Waals surface area contributed by atoms with Crippen molar-refractivity contribution in [2.24, 2.45) is 0 Å². The number of carbonyl (C=O) groups excluding carboxylic acids is 3. The molecule has 0 N–H and O–H groups in total. The highest BCUT2D eigenvalue weighted by molar-refractivity contribution is 5.98. The summed E-state index contributed by atoms with van der Waals surface area (Å²) in [5.74, 6) is 0.384. The third kappa shape index (κ3) is 12.3. The van der Waals surface area contributed by atoms with E-state index in [1.165, 1.54) is 17.7 Å². The van der Waals surface area contributed by atoms with E-state index in [9.17, 15) is 14.4 Å². The van der Waals surface area contributed by atoms with E-state index in [1.54, 1.807) is 0 Å². The first-order valence-corrected chi connectivity index (χ1v) is 13.4. The van der Waals surface area contributed by atoms with Crippen LogP contribution in [0, 0.1) is 0 Å². The zero-order valence-electron chi connectivity index (χ0n) is 21.2. The molecule has 1 aromatic carbocycles. The highest BCUT2D eigenvalue weighted by Crippen LogP contribution is 2.12. The topological polar surface area (TPSA) is 57.7 Å². The number of hydrogen-bond donors (Lipinski definition) is 0. The highest BCUT2D eigenvalue weighted by Gasteiger charge is 2.20. The van der Waals surface area contributed by atoms with E-state index in [4.69, 9.17) is 0 Å². The molecule has 0 atom stereocenters. The molecule has 188 valence electrons. The predicted molar refractivity (Wildman–Crippen MR) is 139 cm³/mol. The third-order valence-corrected chi connectivity index (χ3v) is 6.52. The van der Waals surface area contributed by atoms with Gasteiger partial charge in [0.25, 0.3) is 0 Å². The van der Waals surface area contributed by atoms with Gasteiger partial charge in [0, 0.05) is 52.0 Å². The molecule has 0 bridgehead atoms. The zero-order valence-corrected chi connectivity index (χ0v) is 21.2. The summed E-state index contributed by atoms with van der Waals surface area (Å²) in [6.07, 6.45) is 13.8. The second kappa shape index (κ2) is 17.2. The number of ketones is 2. The number of carbonyl (C=O) groups is 3. The lowest BCUT2D eigenvalue weighted by Gasteiger charge is -2.34. The highest BCUT2D eigenvalue weighted by atomic mass is 16.2. The van der Waals surface area contributed by atoms with Crippen LogP contribution >= 0.6 is 0 Å². The molecule has 0 radical (unpaired) electrons. The molecule has 1 aliphatic heterocycles. The third-order valence-electron chi connectivity index (χ3n) is 6.52. The standard InChI is InChI=1S/C29H44N2O3/c1-2-3-4-11-16-27(32)19-20-28(33)17-12-6-5-7-13-18-29(34)31-23-21-30(22-24-31)25-26-14-9-8-10-15-26/h8-10,14-15,19-20H,2-7,11-13,16-18,21-25H2,1H3/b20-19+. The van der Waals surface area contributed by atoms with Crippen molar-refractivity contribution in [3.05, 3.63) is 48.0 Å². The molecule has 5 heteroatoms. The Bertz CT molecular complexity index is 752. The van der Waals surface area contributed by atoms with E-state index >= 15 is 0 Å². The molecule has 1 aliphatic rings. The van der Waals surface area contributed by atoms with Crippen LogP contribution in [0.15, 0.2) is 42.5 Å². The van der Waals surface area contributed by atoms with Crippen LogP contribution in [0.5, 0.6) is 0 Å². The number of nitrogens with zero attached hydrogens (tertiary/aromatic N) is 2. The molecule has 1 aromatic rings. The first-order chi connectivity index (χ1) is 16.6. The van der Waals surface area contributed by atoms with Gasteiger partial charge >= 0.3 is 0 Å². The fourth-order valence-electron chi connectivity index (χ4n) is 4.34. The lowest BCUT2D eigenvalue weighted by molar-refractivity contribution is -0.133. The van der Waals surface area contributed by atoms with Gasteiger partial charge in [0.2, 0.25) is 5.91 Å². The van der Waals surface area contributed by atoms with Gasteiger partial charge < -0.3 is 4.90 Å². The summed E-state index contributed by atoms with van der Waals surface area (Å²) in [6, 6.07) is 10.5. The number of amides is 1. The largest absolute Gasteiger partial charge is 0.340 e. The van der Waals surface area contributed by atoms with Crippen molar-refractivity contribution in [2.75, 3.05) is 26.2 Å². The number of benzene rings is 1. The average Bonchev–Trinajstić information content (AvgIpc) is 2.85. The van der Waals surface area contributed by atoms with Gasteiger partial charge in [-0.2, -0.15) is 0 Å². The van der Waals surface area contributed by atoms with Gasteiger partial charge in [0.05, 0.1) is 0 Å². The molecular weight excluding hydrogens is 424 g/mol. The Kier molecular flexibility index (Phi) is 14.2. The van der Waals surface area contributed by atoms with Crippen LogP contribution in [0.1, 0.15) is 89.5 Å². The minimum Gasteiger partial charge on any atom is -0.340 e. The van der Waals surface area contributed by atoms with E-state index in [0.717, 1.165) is 90.5 Å². The molecule has 1 fully saturated rings. The average molecular weight is 469 g/mol. The molecule has 1 heterocycles. The van der Waals surface area contributed by atoms with Gasteiger partial charge in [-0.3, -0.25) is 19.3 Å². The molecular formula is C29H44N2O3. The monoisotopic (exact) mass is 468 g/mol. The van der Waals surface area contributed by atoms with E-state index in [-0.39, 0.29) is 17.5 Å². The molecule has 0 unspecified atom stereocenters. The molecule has 1 saturated heterocycles. The van der Waals surface area contributed by atoms with Gasteiger partial charge in [-0.25, -0.2) is 0 Å². The number of rotatable bonds is 17. The number of hydrogen-bond acceptors (Lipinski definition) is 4. The SMILES string of the molecule is CCCCCCC(=O)/C=C/C(=O)CCCCCCCC(=O)N1CCN(Cc2ccccc2)CC1. The minimum atomic E-state index is 0.0449. The molecule has 5 nitrogen and oxygen atoms in total. The van der Waals surface area contributed by atoms with Gasteiger partial charge in [0.15, 0.2) is 11.6 Å². The van der Waals surface area contributed by atoms with Crippen molar-refractivity contribution >= 4 is 17.5 Å². The van der Waals surface area contributed by atoms with Crippen LogP contribution in [0.4, 0.5) is 0 Å². The van der Waals surface area contributed by atoms with Crippen molar-refractivity contribution in [1.29, 1.82) is 0 Å². The Balaban J connectivity index is 1.45. The van der Waals surface area contributed by atoms with Crippen LogP contribution in [-0.4, -0.2) is 53.5 Å². The van der Waals surface area contributed by atoms with Gasteiger partial charge in [-0.15, -0.1) is 0 Å². The predicted octanol–water partition coefficient (Wildman–Crippen LogP) is 5.73. The maximum Gasteiger partial charge on any atom is 0.222 e. The summed E-state index contributed by atoms with van der Waals surface area (Å²) in [6.45, 7) is 6.62. The van der Waals surface area contributed by atoms with Gasteiger partial charge in [0.1, 0.15) is 0 Å². The molecule has 2 rings (SSSR count). The molecule has 1 amide bonds. The summed E-state index contributed by atoms with van der Waals surface area (Å²) in [5, 5.41) is 0. The van der Waals surface area contributed by atoms with Crippen molar-refractivity contribution in [3.63, 3.8) is 0 Å². The van der Waals surface area contributed by atoms with E-state index in [1.807, 2.05) is 11.0 Å². The number of allylic oxidation sites excluding steroid dienone is 2. The maximum atomic E-state index is 12.5.